The molecule has 1 fully saturated rings. The molecule has 0 aromatic carbocycles. The van der Waals surface area contributed by atoms with Gasteiger partial charge in [0.25, 0.3) is 5.91 Å². The number of aromatic nitrogens is 1. The molecule has 1 atom stereocenters. The zero-order chi connectivity index (χ0) is 15.4. The smallest absolute Gasteiger partial charge is 0.257 e. The van der Waals surface area contributed by atoms with E-state index >= 15 is 0 Å². The van der Waals surface area contributed by atoms with Gasteiger partial charge in [0.05, 0.1) is 11.7 Å². The van der Waals surface area contributed by atoms with Gasteiger partial charge in [-0.2, -0.15) is 0 Å². The lowest BCUT2D eigenvalue weighted by Crippen LogP contribution is -2.33. The van der Waals surface area contributed by atoms with Crippen molar-refractivity contribution >= 4 is 27.7 Å². The van der Waals surface area contributed by atoms with Crippen molar-refractivity contribution in [2.24, 2.45) is 0 Å². The Labute approximate surface area is 134 Å². The van der Waals surface area contributed by atoms with Crippen molar-refractivity contribution < 1.29 is 9.53 Å². The average Bonchev–Trinajstić information content (AvgIpc) is 2.71. The van der Waals surface area contributed by atoms with Crippen LogP contribution in [0.2, 0.25) is 0 Å². The summed E-state index contributed by atoms with van der Waals surface area (Å²) in [4.78, 5) is 21.0. The third-order valence-corrected chi connectivity index (χ3v) is 4.22. The highest BCUT2D eigenvalue weighted by atomic mass is 79.9. The maximum atomic E-state index is 12.8. The molecule has 116 valence electrons. The van der Waals surface area contributed by atoms with E-state index in [1.807, 2.05) is 30.0 Å². The number of nitrogens with zero attached hydrogens (tertiary/aromatic N) is 3. The van der Waals surface area contributed by atoms with Crippen LogP contribution in [-0.4, -0.2) is 56.2 Å². The molecule has 5 nitrogen and oxygen atoms in total. The Morgan fingerprint density at radius 1 is 1.43 bits per heavy atom. The van der Waals surface area contributed by atoms with Crippen LogP contribution in [0.1, 0.15) is 29.6 Å². The van der Waals surface area contributed by atoms with Gasteiger partial charge in [0, 0.05) is 45.0 Å². The second kappa shape index (κ2) is 7.22. The van der Waals surface area contributed by atoms with Gasteiger partial charge in [-0.1, -0.05) is 0 Å². The zero-order valence-electron chi connectivity index (χ0n) is 12.8. The van der Waals surface area contributed by atoms with E-state index in [1.165, 1.54) is 0 Å². The van der Waals surface area contributed by atoms with Crippen molar-refractivity contribution in [3.8, 4) is 0 Å². The molecule has 1 aliphatic rings. The molecule has 1 unspecified atom stereocenters. The number of ether oxygens (including phenoxy) is 1. The molecule has 1 amide bonds. The Kier molecular flexibility index (Phi) is 5.58. The van der Waals surface area contributed by atoms with Crippen LogP contribution in [0.15, 0.2) is 16.7 Å². The topological polar surface area (TPSA) is 45.7 Å². The molecular formula is C15H22BrN3O2. The number of hydrogen-bond acceptors (Lipinski definition) is 4. The predicted octanol–water partition coefficient (Wildman–Crippen LogP) is 2.55. The Balaban J connectivity index is 2.21. The molecule has 0 aliphatic carbocycles. The van der Waals surface area contributed by atoms with Crippen LogP contribution in [0.3, 0.4) is 0 Å². The molecule has 0 saturated carbocycles. The molecular weight excluding hydrogens is 334 g/mol. The third-order valence-electron chi connectivity index (χ3n) is 3.78. The van der Waals surface area contributed by atoms with Gasteiger partial charge in [-0.3, -0.25) is 4.79 Å². The highest BCUT2D eigenvalue weighted by Gasteiger charge is 2.24. The number of carbonyl (C=O) groups excluding carboxylic acids is 1. The van der Waals surface area contributed by atoms with Gasteiger partial charge in [0.1, 0.15) is 5.82 Å². The van der Waals surface area contributed by atoms with Crippen molar-refractivity contribution in [1.82, 2.24) is 9.88 Å². The minimum absolute atomic E-state index is 0.0456. The van der Waals surface area contributed by atoms with Gasteiger partial charge in [-0.05, 0) is 41.3 Å². The monoisotopic (exact) mass is 355 g/mol. The van der Waals surface area contributed by atoms with Crippen LogP contribution in [0.25, 0.3) is 0 Å². The van der Waals surface area contributed by atoms with Gasteiger partial charge in [0.15, 0.2) is 0 Å². The summed E-state index contributed by atoms with van der Waals surface area (Å²) in [6.07, 6.45) is 4.86. The molecule has 1 aliphatic heterocycles. The van der Waals surface area contributed by atoms with Crippen molar-refractivity contribution in [2.75, 3.05) is 39.2 Å². The van der Waals surface area contributed by atoms with Crippen LogP contribution in [0.5, 0.6) is 0 Å². The first-order chi connectivity index (χ1) is 10.0. The molecule has 1 saturated heterocycles. The summed E-state index contributed by atoms with van der Waals surface area (Å²) < 4.78 is 6.24. The third kappa shape index (κ3) is 3.95. The van der Waals surface area contributed by atoms with Crippen molar-refractivity contribution in [1.29, 1.82) is 0 Å². The second-order valence-corrected chi connectivity index (χ2v) is 6.42. The van der Waals surface area contributed by atoms with E-state index in [0.29, 0.717) is 11.4 Å². The highest BCUT2D eigenvalue weighted by Crippen LogP contribution is 2.23. The number of likely N-dealkylation sites (tertiary alicyclic amines) is 1. The van der Waals surface area contributed by atoms with Crippen LogP contribution in [-0.2, 0) is 4.74 Å². The molecule has 0 radical (unpaired) electrons. The Morgan fingerprint density at radius 3 is 2.86 bits per heavy atom. The summed E-state index contributed by atoms with van der Waals surface area (Å²) in [7, 11) is 5.54. The standard InChI is InChI=1S/C15H22BrN3O2/c1-18(2)14-13(9-11(16)10-17-14)15(20)19-7-4-5-12(21-3)6-8-19/h9-10,12H,4-8H2,1-3H3. The largest absolute Gasteiger partial charge is 0.381 e. The SMILES string of the molecule is COC1CCCN(C(=O)c2cc(Br)cnc2N(C)C)CC1. The number of anilines is 1. The summed E-state index contributed by atoms with van der Waals surface area (Å²) in [6.45, 7) is 1.51. The van der Waals surface area contributed by atoms with Gasteiger partial charge in [-0.25, -0.2) is 4.98 Å². The van der Waals surface area contributed by atoms with Crippen LogP contribution >= 0.6 is 15.9 Å². The fraction of sp³-hybridized carbons (Fsp3) is 0.600. The van der Waals surface area contributed by atoms with Crippen molar-refractivity contribution in [2.45, 2.75) is 25.4 Å². The summed E-state index contributed by atoms with van der Waals surface area (Å²) in [5.41, 5.74) is 0.644. The number of pyridine rings is 1. The molecule has 6 heteroatoms. The Morgan fingerprint density at radius 2 is 2.19 bits per heavy atom. The van der Waals surface area contributed by atoms with E-state index in [9.17, 15) is 4.79 Å². The first kappa shape index (κ1) is 16.2. The van der Waals surface area contributed by atoms with E-state index in [-0.39, 0.29) is 12.0 Å². The molecule has 0 N–H and O–H groups in total. The van der Waals surface area contributed by atoms with E-state index in [4.69, 9.17) is 4.74 Å². The quantitative estimate of drug-likeness (QED) is 0.835. The number of hydrogen-bond donors (Lipinski definition) is 0. The molecule has 2 heterocycles. The zero-order valence-corrected chi connectivity index (χ0v) is 14.4. The highest BCUT2D eigenvalue weighted by molar-refractivity contribution is 9.10. The number of methoxy groups -OCH3 is 1. The van der Waals surface area contributed by atoms with Crippen molar-refractivity contribution in [3.63, 3.8) is 0 Å². The fourth-order valence-electron chi connectivity index (χ4n) is 2.62. The van der Waals surface area contributed by atoms with E-state index < -0.39 is 0 Å². The minimum Gasteiger partial charge on any atom is -0.381 e. The first-order valence-corrected chi connectivity index (χ1v) is 7.97. The lowest BCUT2D eigenvalue weighted by Gasteiger charge is -2.23. The first-order valence-electron chi connectivity index (χ1n) is 7.18. The summed E-state index contributed by atoms with van der Waals surface area (Å²) in [6, 6.07) is 1.85. The number of rotatable bonds is 3. The molecule has 1 aromatic rings. The number of amides is 1. The minimum atomic E-state index is 0.0456. The number of halogens is 1. The second-order valence-electron chi connectivity index (χ2n) is 5.50. The van der Waals surface area contributed by atoms with Crippen molar-refractivity contribution in [3.05, 3.63) is 22.3 Å². The molecule has 0 spiro atoms. The Bertz CT molecular complexity index is 508. The summed E-state index contributed by atoms with van der Waals surface area (Å²) in [5, 5.41) is 0. The van der Waals surface area contributed by atoms with Gasteiger partial charge in [0.2, 0.25) is 0 Å². The molecule has 2 rings (SSSR count). The maximum Gasteiger partial charge on any atom is 0.257 e. The van der Waals surface area contributed by atoms with Crippen LogP contribution in [0, 0.1) is 0 Å². The summed E-state index contributed by atoms with van der Waals surface area (Å²) in [5.74, 6) is 0.750. The predicted molar refractivity (Wildman–Crippen MR) is 86.8 cm³/mol. The van der Waals surface area contributed by atoms with Crippen LogP contribution < -0.4 is 4.90 Å². The van der Waals surface area contributed by atoms with Gasteiger partial charge < -0.3 is 14.5 Å². The van der Waals surface area contributed by atoms with E-state index in [0.717, 1.165) is 36.8 Å². The average molecular weight is 356 g/mol. The van der Waals surface area contributed by atoms with E-state index in [1.54, 1.807) is 13.3 Å². The van der Waals surface area contributed by atoms with E-state index in [2.05, 4.69) is 20.9 Å². The lowest BCUT2D eigenvalue weighted by atomic mass is 10.2. The lowest BCUT2D eigenvalue weighted by molar-refractivity contribution is 0.0723. The molecule has 1 aromatic heterocycles. The van der Waals surface area contributed by atoms with Gasteiger partial charge >= 0.3 is 0 Å². The normalized spacial score (nSPS) is 19.2. The van der Waals surface area contributed by atoms with Gasteiger partial charge in [-0.15, -0.1) is 0 Å². The number of carbonyl (C=O) groups is 1. The van der Waals surface area contributed by atoms with Crippen LogP contribution in [0.4, 0.5) is 5.82 Å². The fourth-order valence-corrected chi connectivity index (χ4v) is 2.95. The molecule has 0 bridgehead atoms. The summed E-state index contributed by atoms with van der Waals surface area (Å²) >= 11 is 3.40. The molecule has 21 heavy (non-hydrogen) atoms. The maximum absolute atomic E-state index is 12.8. The Hall–Kier alpha value is -1.14.